The summed E-state index contributed by atoms with van der Waals surface area (Å²) in [7, 11) is 0. The summed E-state index contributed by atoms with van der Waals surface area (Å²) in [4.78, 5) is 28.2. The maximum atomic E-state index is 12.9. The highest BCUT2D eigenvalue weighted by Gasteiger charge is 2.44. The van der Waals surface area contributed by atoms with Gasteiger partial charge in [-0.1, -0.05) is 6.92 Å². The molecule has 2 amide bonds. The number of piperidine rings is 2. The van der Waals surface area contributed by atoms with E-state index in [0.29, 0.717) is 25.9 Å². The minimum Gasteiger partial charge on any atom is -0.481 e. The van der Waals surface area contributed by atoms with Crippen LogP contribution >= 0.6 is 0 Å². The minimum absolute atomic E-state index is 0.0356. The second kappa shape index (κ2) is 6.24. The largest absolute Gasteiger partial charge is 0.481 e. The molecule has 2 aliphatic rings. The van der Waals surface area contributed by atoms with Crippen LogP contribution in [0, 0.1) is 5.41 Å². The molecule has 0 radical (unpaired) electrons. The fourth-order valence-electron chi connectivity index (χ4n) is 3.87. The molecule has 3 atom stereocenters. The maximum Gasteiger partial charge on any atom is 0.320 e. The number of carboxylic acid groups (broad SMARTS) is 1. The van der Waals surface area contributed by atoms with E-state index in [-0.39, 0.29) is 18.1 Å². The van der Waals surface area contributed by atoms with Gasteiger partial charge in [-0.2, -0.15) is 0 Å². The molecular formula is C16H28N2O3. The van der Waals surface area contributed by atoms with Crippen molar-refractivity contribution in [2.24, 2.45) is 5.41 Å². The third kappa shape index (κ3) is 3.01. The molecule has 2 fully saturated rings. The molecule has 3 unspecified atom stereocenters. The van der Waals surface area contributed by atoms with Crippen LogP contribution in [0.1, 0.15) is 59.3 Å². The molecule has 2 saturated heterocycles. The number of urea groups is 1. The Labute approximate surface area is 127 Å². The normalized spacial score (nSPS) is 33.9. The molecule has 0 aliphatic carbocycles. The Morgan fingerprint density at radius 3 is 2.33 bits per heavy atom. The van der Waals surface area contributed by atoms with Gasteiger partial charge in [0.15, 0.2) is 0 Å². The van der Waals surface area contributed by atoms with Crippen molar-refractivity contribution in [2.45, 2.75) is 71.4 Å². The molecule has 0 saturated carbocycles. The minimum atomic E-state index is -0.762. The smallest absolute Gasteiger partial charge is 0.320 e. The van der Waals surface area contributed by atoms with Crippen LogP contribution in [-0.2, 0) is 4.79 Å². The fraction of sp³-hybridized carbons (Fsp3) is 0.875. The zero-order chi connectivity index (χ0) is 15.6. The summed E-state index contributed by atoms with van der Waals surface area (Å²) in [5, 5.41) is 9.55. The zero-order valence-electron chi connectivity index (χ0n) is 13.5. The van der Waals surface area contributed by atoms with Crippen LogP contribution in [0.4, 0.5) is 4.79 Å². The Hall–Kier alpha value is -1.26. The molecule has 5 nitrogen and oxygen atoms in total. The number of nitrogens with zero attached hydrogens (tertiary/aromatic N) is 2. The van der Waals surface area contributed by atoms with Gasteiger partial charge >= 0.3 is 12.0 Å². The SMILES string of the molecule is CCC1(C(=O)O)CCCN(C(=O)N2C(C)CCCC2C)C1. The summed E-state index contributed by atoms with van der Waals surface area (Å²) in [6.45, 7) is 7.15. The first-order valence-corrected chi connectivity index (χ1v) is 8.22. The van der Waals surface area contributed by atoms with Gasteiger partial charge in [0.25, 0.3) is 0 Å². The Bertz CT molecular complexity index is 402. The van der Waals surface area contributed by atoms with Crippen molar-refractivity contribution in [3.05, 3.63) is 0 Å². The second-order valence-electron chi connectivity index (χ2n) is 6.78. The first-order chi connectivity index (χ1) is 9.91. The summed E-state index contributed by atoms with van der Waals surface area (Å²) in [5.74, 6) is -0.762. The van der Waals surface area contributed by atoms with Crippen molar-refractivity contribution < 1.29 is 14.7 Å². The number of carbonyl (C=O) groups is 2. The van der Waals surface area contributed by atoms with Crippen LogP contribution in [0.25, 0.3) is 0 Å². The van der Waals surface area contributed by atoms with Crippen molar-refractivity contribution >= 4 is 12.0 Å². The summed E-state index contributed by atoms with van der Waals surface area (Å²) in [6, 6.07) is 0.543. The number of carboxylic acids is 1. The molecule has 0 spiro atoms. The van der Waals surface area contributed by atoms with E-state index in [9.17, 15) is 14.7 Å². The molecule has 120 valence electrons. The molecule has 5 heteroatoms. The van der Waals surface area contributed by atoms with Crippen molar-refractivity contribution in [2.75, 3.05) is 13.1 Å². The lowest BCUT2D eigenvalue weighted by atomic mass is 9.77. The molecule has 2 rings (SSSR count). The zero-order valence-corrected chi connectivity index (χ0v) is 13.5. The van der Waals surface area contributed by atoms with Gasteiger partial charge in [-0.15, -0.1) is 0 Å². The predicted molar refractivity (Wildman–Crippen MR) is 81.2 cm³/mol. The van der Waals surface area contributed by atoms with E-state index in [4.69, 9.17) is 0 Å². The van der Waals surface area contributed by atoms with E-state index in [0.717, 1.165) is 19.3 Å². The maximum absolute atomic E-state index is 12.9. The topological polar surface area (TPSA) is 60.9 Å². The van der Waals surface area contributed by atoms with E-state index in [1.165, 1.54) is 6.42 Å². The number of hydrogen-bond acceptors (Lipinski definition) is 2. The van der Waals surface area contributed by atoms with Gasteiger partial charge in [0.2, 0.25) is 0 Å². The van der Waals surface area contributed by atoms with E-state index in [1.54, 1.807) is 4.90 Å². The highest BCUT2D eigenvalue weighted by molar-refractivity contribution is 5.79. The number of carbonyl (C=O) groups excluding carboxylic acids is 1. The number of aliphatic carboxylic acids is 1. The number of amides is 2. The lowest BCUT2D eigenvalue weighted by Crippen LogP contribution is -2.57. The van der Waals surface area contributed by atoms with Crippen LogP contribution in [-0.4, -0.2) is 52.1 Å². The lowest BCUT2D eigenvalue weighted by Gasteiger charge is -2.45. The third-order valence-electron chi connectivity index (χ3n) is 5.39. The van der Waals surface area contributed by atoms with Crippen molar-refractivity contribution in [3.63, 3.8) is 0 Å². The summed E-state index contributed by atoms with van der Waals surface area (Å²) in [6.07, 6.45) is 5.29. The second-order valence-corrected chi connectivity index (χ2v) is 6.78. The molecule has 0 aromatic heterocycles. The van der Waals surface area contributed by atoms with Crippen LogP contribution in [0.15, 0.2) is 0 Å². The van der Waals surface area contributed by atoms with Crippen LogP contribution in [0.2, 0.25) is 0 Å². The summed E-state index contributed by atoms with van der Waals surface area (Å²) in [5.41, 5.74) is -0.754. The Kier molecular flexibility index (Phi) is 4.79. The standard InChI is InChI=1S/C16H28N2O3/c1-4-16(14(19)20)9-6-10-17(11-16)15(21)18-12(2)7-5-8-13(18)3/h12-13H,4-11H2,1-3H3,(H,19,20). The molecule has 0 aromatic carbocycles. The summed E-state index contributed by atoms with van der Waals surface area (Å²) < 4.78 is 0. The Morgan fingerprint density at radius 1 is 1.19 bits per heavy atom. The van der Waals surface area contributed by atoms with Gasteiger partial charge in [0.1, 0.15) is 0 Å². The van der Waals surface area contributed by atoms with E-state index >= 15 is 0 Å². The monoisotopic (exact) mass is 296 g/mol. The van der Waals surface area contributed by atoms with Gasteiger partial charge in [-0.3, -0.25) is 4.79 Å². The van der Waals surface area contributed by atoms with Crippen molar-refractivity contribution in [1.82, 2.24) is 9.80 Å². The van der Waals surface area contributed by atoms with Crippen LogP contribution in [0.5, 0.6) is 0 Å². The van der Waals surface area contributed by atoms with E-state index < -0.39 is 11.4 Å². The predicted octanol–water partition coefficient (Wildman–Crippen LogP) is 2.95. The third-order valence-corrected chi connectivity index (χ3v) is 5.39. The number of hydrogen-bond donors (Lipinski definition) is 1. The van der Waals surface area contributed by atoms with Gasteiger partial charge in [0.05, 0.1) is 5.41 Å². The molecule has 1 N–H and O–H groups in total. The molecule has 2 heterocycles. The molecule has 0 bridgehead atoms. The molecule has 21 heavy (non-hydrogen) atoms. The van der Waals surface area contributed by atoms with Crippen LogP contribution < -0.4 is 0 Å². The average molecular weight is 296 g/mol. The van der Waals surface area contributed by atoms with Crippen LogP contribution in [0.3, 0.4) is 0 Å². The van der Waals surface area contributed by atoms with Gasteiger partial charge in [0, 0.05) is 25.2 Å². The fourth-order valence-corrected chi connectivity index (χ4v) is 3.87. The van der Waals surface area contributed by atoms with E-state index in [1.807, 2.05) is 11.8 Å². The Morgan fingerprint density at radius 2 is 1.81 bits per heavy atom. The van der Waals surface area contributed by atoms with Gasteiger partial charge in [-0.25, -0.2) is 4.79 Å². The highest BCUT2D eigenvalue weighted by Crippen LogP contribution is 2.35. The number of rotatable bonds is 2. The van der Waals surface area contributed by atoms with Crippen molar-refractivity contribution in [1.29, 1.82) is 0 Å². The quantitative estimate of drug-likeness (QED) is 0.852. The molecular weight excluding hydrogens is 268 g/mol. The first kappa shape index (κ1) is 16.1. The molecule has 0 aromatic rings. The van der Waals surface area contributed by atoms with Gasteiger partial charge < -0.3 is 14.9 Å². The van der Waals surface area contributed by atoms with Crippen molar-refractivity contribution in [3.8, 4) is 0 Å². The Balaban J connectivity index is 2.13. The van der Waals surface area contributed by atoms with E-state index in [2.05, 4.69) is 13.8 Å². The average Bonchev–Trinajstić information content (AvgIpc) is 2.46. The lowest BCUT2D eigenvalue weighted by molar-refractivity contribution is -0.152. The summed E-state index contributed by atoms with van der Waals surface area (Å²) >= 11 is 0. The highest BCUT2D eigenvalue weighted by atomic mass is 16.4. The van der Waals surface area contributed by atoms with Gasteiger partial charge in [-0.05, 0) is 52.4 Å². The molecule has 2 aliphatic heterocycles. The first-order valence-electron chi connectivity index (χ1n) is 8.22. The number of likely N-dealkylation sites (tertiary alicyclic amines) is 2.